The van der Waals surface area contributed by atoms with Gasteiger partial charge in [0.05, 0.1) is 16.7 Å². The highest BCUT2D eigenvalue weighted by Gasteiger charge is 2.36. The largest absolute Gasteiger partial charge is 0.456 e. The second kappa shape index (κ2) is 12.9. The van der Waals surface area contributed by atoms with Gasteiger partial charge in [-0.2, -0.15) is 0 Å². The minimum absolute atomic E-state index is 0.00424. The van der Waals surface area contributed by atoms with E-state index in [-0.39, 0.29) is 6.71 Å². The Morgan fingerprint density at radius 2 is 1.36 bits per heavy atom. The summed E-state index contributed by atoms with van der Waals surface area (Å²) in [6.45, 7) is 6.65. The van der Waals surface area contributed by atoms with Crippen molar-refractivity contribution in [1.82, 2.24) is 19.1 Å². The lowest BCUT2D eigenvalue weighted by molar-refractivity contribution is 0.488. The summed E-state index contributed by atoms with van der Waals surface area (Å²) in [7, 11) is 2.03. The molecule has 9 aromatic rings. The van der Waals surface area contributed by atoms with Gasteiger partial charge in [0.1, 0.15) is 23.1 Å². The van der Waals surface area contributed by atoms with Crippen molar-refractivity contribution in [2.75, 3.05) is 4.90 Å². The number of aryl methyl sites for hydroxylation is 4. The molecule has 6 nitrogen and oxygen atoms in total. The van der Waals surface area contributed by atoms with Gasteiger partial charge in [-0.1, -0.05) is 107 Å². The van der Waals surface area contributed by atoms with Crippen molar-refractivity contribution in [1.29, 1.82) is 0 Å². The van der Waals surface area contributed by atoms with Crippen molar-refractivity contribution < 1.29 is 4.74 Å². The Hall–Kier alpha value is -6.86. The quantitative estimate of drug-likeness (QED) is 0.161. The van der Waals surface area contributed by atoms with Crippen LogP contribution in [0.15, 0.2) is 158 Å². The summed E-state index contributed by atoms with van der Waals surface area (Å²) in [6.07, 6.45) is 5.69. The molecule has 0 atom stereocenters. The molecule has 0 amide bonds. The number of para-hydroxylation sites is 3. The molecule has 10 rings (SSSR count). The van der Waals surface area contributed by atoms with Crippen molar-refractivity contribution in [3.8, 4) is 28.7 Å². The van der Waals surface area contributed by atoms with Crippen LogP contribution in [0, 0.1) is 20.8 Å². The minimum Gasteiger partial charge on any atom is -0.456 e. The number of anilines is 3. The van der Waals surface area contributed by atoms with E-state index in [2.05, 4.69) is 162 Å². The van der Waals surface area contributed by atoms with E-state index in [9.17, 15) is 0 Å². The lowest BCUT2D eigenvalue weighted by atomic mass is 9.34. The lowest BCUT2D eigenvalue weighted by Gasteiger charge is -2.34. The summed E-state index contributed by atoms with van der Waals surface area (Å²) in [4.78, 5) is 11.9. The first-order valence-electron chi connectivity index (χ1n) is 18.7. The average molecular weight is 712 g/mol. The zero-order valence-corrected chi connectivity index (χ0v) is 31.2. The SMILES string of the molecule is Cc1cc(C)c(B2c3ccccc3Oc3c2cccc3N(c2cccc(-c3nccn3C)c2)c2ccc3c4ccccc4n(-c4ccccn4)c3c2)c(C)c1. The fraction of sp³-hybridized carbons (Fsp3) is 0.0833. The molecule has 0 bridgehead atoms. The Bertz CT molecular complexity index is 2900. The van der Waals surface area contributed by atoms with Crippen LogP contribution in [-0.4, -0.2) is 25.8 Å². The van der Waals surface area contributed by atoms with Crippen molar-refractivity contribution in [3.63, 3.8) is 0 Å². The molecule has 1 aliphatic rings. The maximum atomic E-state index is 7.06. The fourth-order valence-corrected chi connectivity index (χ4v) is 8.79. The van der Waals surface area contributed by atoms with E-state index in [0.29, 0.717) is 0 Å². The summed E-state index contributed by atoms with van der Waals surface area (Å²) in [5.41, 5.74) is 13.6. The molecule has 3 aromatic heterocycles. The van der Waals surface area contributed by atoms with Gasteiger partial charge in [0.15, 0.2) is 0 Å². The zero-order chi connectivity index (χ0) is 37.2. The number of hydrogen-bond acceptors (Lipinski definition) is 4. The molecule has 1 aliphatic heterocycles. The number of aromatic nitrogens is 4. The topological polar surface area (TPSA) is 48.1 Å². The summed E-state index contributed by atoms with van der Waals surface area (Å²) in [5, 5.41) is 2.35. The van der Waals surface area contributed by atoms with Crippen LogP contribution in [0.4, 0.5) is 17.1 Å². The third kappa shape index (κ3) is 5.34. The van der Waals surface area contributed by atoms with Crippen LogP contribution in [0.25, 0.3) is 39.0 Å². The highest BCUT2D eigenvalue weighted by Crippen LogP contribution is 2.45. The van der Waals surface area contributed by atoms with Crippen molar-refractivity contribution in [3.05, 3.63) is 175 Å². The van der Waals surface area contributed by atoms with Gasteiger partial charge in [-0.3, -0.25) is 4.57 Å². The first-order chi connectivity index (χ1) is 26.9. The van der Waals surface area contributed by atoms with E-state index >= 15 is 0 Å². The van der Waals surface area contributed by atoms with Crippen LogP contribution in [0.2, 0.25) is 0 Å². The Balaban J connectivity index is 1.25. The average Bonchev–Trinajstić information content (AvgIpc) is 3.78. The second-order valence-electron chi connectivity index (χ2n) is 14.6. The molecule has 55 heavy (non-hydrogen) atoms. The van der Waals surface area contributed by atoms with Gasteiger partial charge >= 0.3 is 0 Å². The summed E-state index contributed by atoms with van der Waals surface area (Å²) < 4.78 is 11.4. The van der Waals surface area contributed by atoms with Crippen LogP contribution >= 0.6 is 0 Å². The highest BCUT2D eigenvalue weighted by molar-refractivity contribution is 6.97. The summed E-state index contributed by atoms with van der Waals surface area (Å²) >= 11 is 0. The number of benzene rings is 6. The van der Waals surface area contributed by atoms with Gasteiger partial charge in [0, 0.05) is 53.3 Å². The predicted molar refractivity (Wildman–Crippen MR) is 227 cm³/mol. The van der Waals surface area contributed by atoms with E-state index in [0.717, 1.165) is 67.6 Å². The number of imidazole rings is 1. The Morgan fingerprint density at radius 3 is 2.18 bits per heavy atom. The van der Waals surface area contributed by atoms with Gasteiger partial charge in [0.2, 0.25) is 0 Å². The molecule has 6 aromatic carbocycles. The molecule has 7 heteroatoms. The lowest BCUT2D eigenvalue weighted by Crippen LogP contribution is -2.56. The van der Waals surface area contributed by atoms with Crippen LogP contribution in [-0.2, 0) is 7.05 Å². The first-order valence-corrected chi connectivity index (χ1v) is 18.7. The molecule has 0 aliphatic carbocycles. The monoisotopic (exact) mass is 711 g/mol. The van der Waals surface area contributed by atoms with E-state index in [4.69, 9.17) is 14.7 Å². The second-order valence-corrected chi connectivity index (χ2v) is 14.6. The van der Waals surface area contributed by atoms with Crippen LogP contribution in [0.3, 0.4) is 0 Å². The molecule has 0 unspecified atom stereocenters. The molecule has 0 saturated carbocycles. The molecule has 4 heterocycles. The maximum absolute atomic E-state index is 7.06. The van der Waals surface area contributed by atoms with Crippen molar-refractivity contribution >= 4 is 62.0 Å². The molecule has 0 spiro atoms. The number of hydrogen-bond donors (Lipinski definition) is 0. The van der Waals surface area contributed by atoms with Crippen molar-refractivity contribution in [2.24, 2.45) is 7.05 Å². The molecule has 0 N–H and O–H groups in total. The molecule has 0 saturated heterocycles. The number of fused-ring (bicyclic) bond motifs is 5. The molecule has 0 radical (unpaired) electrons. The molecular formula is C48H38BN5O. The van der Waals surface area contributed by atoms with Gasteiger partial charge < -0.3 is 14.2 Å². The van der Waals surface area contributed by atoms with Crippen LogP contribution in [0.5, 0.6) is 11.5 Å². The zero-order valence-electron chi connectivity index (χ0n) is 31.2. The predicted octanol–water partition coefficient (Wildman–Crippen LogP) is 9.60. The third-order valence-corrected chi connectivity index (χ3v) is 11.0. The minimum atomic E-state index is -0.00424. The third-order valence-electron chi connectivity index (χ3n) is 11.0. The molecule has 0 fully saturated rings. The first kappa shape index (κ1) is 32.8. The summed E-state index contributed by atoms with van der Waals surface area (Å²) in [5.74, 6) is 3.49. The summed E-state index contributed by atoms with van der Waals surface area (Å²) in [6, 6.07) is 49.7. The number of ether oxygens (including phenoxy) is 1. The Kier molecular flexibility index (Phi) is 7.70. The van der Waals surface area contributed by atoms with Gasteiger partial charge in [-0.25, -0.2) is 9.97 Å². The van der Waals surface area contributed by atoms with E-state index in [1.54, 1.807) is 0 Å². The normalized spacial score (nSPS) is 12.1. The number of nitrogens with zero attached hydrogens (tertiary/aromatic N) is 5. The maximum Gasteiger partial charge on any atom is 0.251 e. The van der Waals surface area contributed by atoms with Gasteiger partial charge in [-0.15, -0.1) is 0 Å². The fourth-order valence-electron chi connectivity index (χ4n) is 8.79. The van der Waals surface area contributed by atoms with Gasteiger partial charge in [-0.05, 0) is 86.3 Å². The van der Waals surface area contributed by atoms with Gasteiger partial charge in [0.25, 0.3) is 6.71 Å². The van der Waals surface area contributed by atoms with E-state index in [1.807, 2.05) is 37.8 Å². The highest BCUT2D eigenvalue weighted by atomic mass is 16.5. The van der Waals surface area contributed by atoms with E-state index < -0.39 is 0 Å². The smallest absolute Gasteiger partial charge is 0.251 e. The standard InChI is InChI=1S/C48H38BN5O/c1-31-27-32(2)46(33(3)28-31)49-39-16-6-8-20-44(39)55-47-40(49)17-12-19-42(47)53(35-14-11-13-34(29-35)48-51-25-26-52(48)4)36-22-23-38-37-15-5-7-18-41(37)54(43(38)30-36)45-21-9-10-24-50-45/h5-30H,1-4H3. The van der Waals surface area contributed by atoms with E-state index in [1.165, 1.54) is 33.0 Å². The van der Waals surface area contributed by atoms with Crippen LogP contribution < -0.4 is 26.0 Å². The Labute approximate surface area is 321 Å². The number of pyridine rings is 1. The number of rotatable bonds is 6. The van der Waals surface area contributed by atoms with Crippen LogP contribution in [0.1, 0.15) is 16.7 Å². The Morgan fingerprint density at radius 1 is 0.618 bits per heavy atom. The molecular weight excluding hydrogens is 673 g/mol. The van der Waals surface area contributed by atoms with Crippen molar-refractivity contribution in [2.45, 2.75) is 20.8 Å². The molecule has 264 valence electrons.